The third-order valence-electron chi connectivity index (χ3n) is 2.89. The highest BCUT2D eigenvalue weighted by molar-refractivity contribution is 5.82. The fraction of sp³-hybridized carbons (Fsp3) is 0.455. The van der Waals surface area contributed by atoms with Gasteiger partial charge in [-0.1, -0.05) is 18.7 Å². The predicted octanol–water partition coefficient (Wildman–Crippen LogP) is 1.41. The molecular weight excluding hydrogens is 162 g/mol. The van der Waals surface area contributed by atoms with Crippen molar-refractivity contribution >= 4 is 5.91 Å². The molecule has 0 bridgehead atoms. The van der Waals surface area contributed by atoms with Gasteiger partial charge in [0.1, 0.15) is 0 Å². The van der Waals surface area contributed by atoms with Gasteiger partial charge in [0, 0.05) is 5.92 Å². The van der Waals surface area contributed by atoms with E-state index in [9.17, 15) is 4.79 Å². The molecule has 2 rings (SSSR count). The van der Waals surface area contributed by atoms with Crippen molar-refractivity contribution in [2.45, 2.75) is 18.9 Å². The summed E-state index contributed by atoms with van der Waals surface area (Å²) in [4.78, 5) is 11.5. The van der Waals surface area contributed by atoms with Gasteiger partial charge in [-0.05, 0) is 24.8 Å². The minimum Gasteiger partial charge on any atom is -0.349 e. The maximum atomic E-state index is 11.5. The summed E-state index contributed by atoms with van der Waals surface area (Å²) in [5.41, 5.74) is 2.75. The summed E-state index contributed by atoms with van der Waals surface area (Å²) >= 11 is 0. The number of allylic oxidation sites excluding steroid dienone is 2. The molecule has 1 amide bonds. The van der Waals surface area contributed by atoms with Crippen LogP contribution in [0, 0.1) is 11.8 Å². The highest BCUT2D eigenvalue weighted by Crippen LogP contribution is 2.33. The molecule has 1 aliphatic heterocycles. The molecule has 2 heteroatoms. The van der Waals surface area contributed by atoms with Crippen LogP contribution in [-0.4, -0.2) is 11.9 Å². The zero-order valence-corrected chi connectivity index (χ0v) is 7.49. The quantitative estimate of drug-likeness (QED) is 0.474. The van der Waals surface area contributed by atoms with Gasteiger partial charge in [0.05, 0.1) is 6.04 Å². The molecule has 0 aromatic heterocycles. The van der Waals surface area contributed by atoms with Gasteiger partial charge in [-0.2, -0.15) is 0 Å². The standard InChI is InChI=1S/C11H13NO/c1-2-5-10-8-6-3-4-7-9(8)11(13)12-10/h3-5,8-10H,1,6-7H2,(H,12,13). The average Bonchev–Trinajstić information content (AvgIpc) is 2.46. The van der Waals surface area contributed by atoms with E-state index in [0.717, 1.165) is 12.8 Å². The third-order valence-corrected chi connectivity index (χ3v) is 2.89. The van der Waals surface area contributed by atoms with E-state index in [-0.39, 0.29) is 17.9 Å². The molecular formula is C11H13NO. The monoisotopic (exact) mass is 175 g/mol. The Morgan fingerprint density at radius 2 is 2.31 bits per heavy atom. The first-order valence-corrected chi connectivity index (χ1v) is 4.64. The molecule has 0 aromatic carbocycles. The third kappa shape index (κ3) is 1.34. The van der Waals surface area contributed by atoms with E-state index in [1.807, 2.05) is 6.08 Å². The highest BCUT2D eigenvalue weighted by Gasteiger charge is 2.40. The van der Waals surface area contributed by atoms with Crippen LogP contribution >= 0.6 is 0 Å². The molecule has 0 radical (unpaired) electrons. The molecule has 1 heterocycles. The van der Waals surface area contributed by atoms with Crippen molar-refractivity contribution < 1.29 is 4.79 Å². The fourth-order valence-electron chi connectivity index (χ4n) is 2.20. The van der Waals surface area contributed by atoms with Gasteiger partial charge >= 0.3 is 0 Å². The number of amides is 1. The van der Waals surface area contributed by atoms with Crippen LogP contribution in [0.4, 0.5) is 0 Å². The van der Waals surface area contributed by atoms with Crippen molar-refractivity contribution in [1.82, 2.24) is 5.32 Å². The molecule has 0 saturated carbocycles. The molecule has 1 aliphatic carbocycles. The van der Waals surface area contributed by atoms with E-state index in [1.54, 1.807) is 0 Å². The van der Waals surface area contributed by atoms with Crippen LogP contribution in [0.15, 0.2) is 30.5 Å². The largest absolute Gasteiger partial charge is 0.349 e. The normalized spacial score (nSPS) is 36.3. The number of nitrogens with one attached hydrogen (secondary N) is 1. The second-order valence-corrected chi connectivity index (χ2v) is 3.62. The van der Waals surface area contributed by atoms with Crippen LogP contribution in [0.25, 0.3) is 0 Å². The van der Waals surface area contributed by atoms with Gasteiger partial charge in [0.15, 0.2) is 0 Å². The second kappa shape index (κ2) is 3.23. The summed E-state index contributed by atoms with van der Waals surface area (Å²) in [5.74, 6) is 0.789. The van der Waals surface area contributed by atoms with Gasteiger partial charge in [-0.15, -0.1) is 5.73 Å². The van der Waals surface area contributed by atoms with Crippen molar-refractivity contribution in [3.63, 3.8) is 0 Å². The number of hydrogen-bond donors (Lipinski definition) is 1. The lowest BCUT2D eigenvalue weighted by atomic mass is 9.82. The Hall–Kier alpha value is -1.27. The molecule has 13 heavy (non-hydrogen) atoms. The Kier molecular flexibility index (Phi) is 2.07. The van der Waals surface area contributed by atoms with Gasteiger partial charge in [-0.25, -0.2) is 0 Å². The zero-order valence-electron chi connectivity index (χ0n) is 7.49. The summed E-state index contributed by atoms with van der Waals surface area (Å²) in [7, 11) is 0. The predicted molar refractivity (Wildman–Crippen MR) is 51.0 cm³/mol. The minimum atomic E-state index is 0.153. The summed E-state index contributed by atoms with van der Waals surface area (Å²) < 4.78 is 0. The van der Waals surface area contributed by atoms with Gasteiger partial charge in [0.25, 0.3) is 0 Å². The smallest absolute Gasteiger partial charge is 0.224 e. The molecule has 0 spiro atoms. The summed E-state index contributed by atoms with van der Waals surface area (Å²) in [6.07, 6.45) is 8.00. The Balaban J connectivity index is 2.22. The molecule has 3 atom stereocenters. The van der Waals surface area contributed by atoms with Crippen LogP contribution in [0.1, 0.15) is 12.8 Å². The topological polar surface area (TPSA) is 29.1 Å². The molecule has 0 aromatic rings. The molecule has 1 saturated heterocycles. The molecule has 2 aliphatic rings. The number of carbonyl (C=O) groups is 1. The molecule has 1 N–H and O–H groups in total. The van der Waals surface area contributed by atoms with Crippen LogP contribution in [0.3, 0.4) is 0 Å². The lowest BCUT2D eigenvalue weighted by molar-refractivity contribution is -0.123. The number of hydrogen-bond acceptors (Lipinski definition) is 1. The first-order chi connectivity index (χ1) is 6.33. The Morgan fingerprint density at radius 1 is 1.54 bits per heavy atom. The summed E-state index contributed by atoms with van der Waals surface area (Å²) in [6, 6.07) is 0.153. The maximum absolute atomic E-state index is 11.5. The van der Waals surface area contributed by atoms with E-state index < -0.39 is 0 Å². The van der Waals surface area contributed by atoms with Crippen LogP contribution in [-0.2, 0) is 4.79 Å². The van der Waals surface area contributed by atoms with Crippen LogP contribution in [0.5, 0.6) is 0 Å². The first kappa shape index (κ1) is 8.33. The highest BCUT2D eigenvalue weighted by atomic mass is 16.2. The van der Waals surface area contributed by atoms with Crippen molar-refractivity contribution in [1.29, 1.82) is 0 Å². The lowest BCUT2D eigenvalue weighted by Crippen LogP contribution is -2.26. The first-order valence-electron chi connectivity index (χ1n) is 4.64. The van der Waals surface area contributed by atoms with Crippen molar-refractivity contribution in [2.24, 2.45) is 11.8 Å². The van der Waals surface area contributed by atoms with E-state index in [4.69, 9.17) is 0 Å². The maximum Gasteiger partial charge on any atom is 0.224 e. The summed E-state index contributed by atoms with van der Waals surface area (Å²) in [5, 5.41) is 2.96. The Morgan fingerprint density at radius 3 is 3.08 bits per heavy atom. The minimum absolute atomic E-state index is 0.153. The number of rotatable bonds is 1. The Labute approximate surface area is 78.0 Å². The average molecular weight is 175 g/mol. The van der Waals surface area contributed by atoms with Crippen LogP contribution in [0.2, 0.25) is 0 Å². The van der Waals surface area contributed by atoms with Gasteiger partial charge in [-0.3, -0.25) is 4.79 Å². The second-order valence-electron chi connectivity index (χ2n) is 3.62. The van der Waals surface area contributed by atoms with Crippen molar-refractivity contribution in [3.05, 3.63) is 30.5 Å². The van der Waals surface area contributed by atoms with E-state index >= 15 is 0 Å². The van der Waals surface area contributed by atoms with Crippen molar-refractivity contribution in [3.8, 4) is 0 Å². The molecule has 1 fully saturated rings. The number of carbonyl (C=O) groups excluding carboxylic acids is 1. The summed E-state index contributed by atoms with van der Waals surface area (Å²) in [6.45, 7) is 3.54. The van der Waals surface area contributed by atoms with Gasteiger partial charge < -0.3 is 5.32 Å². The molecule has 2 nitrogen and oxygen atoms in total. The van der Waals surface area contributed by atoms with E-state index in [0.29, 0.717) is 5.92 Å². The lowest BCUT2D eigenvalue weighted by Gasteiger charge is -2.20. The zero-order chi connectivity index (χ0) is 9.26. The number of fused-ring (bicyclic) bond motifs is 1. The van der Waals surface area contributed by atoms with Gasteiger partial charge in [0.2, 0.25) is 5.91 Å². The SMILES string of the molecule is C=C=CC1NC(=O)C2CC=CCC12. The van der Waals surface area contributed by atoms with Crippen LogP contribution < -0.4 is 5.32 Å². The fourth-order valence-corrected chi connectivity index (χ4v) is 2.20. The molecule has 3 unspecified atom stereocenters. The molecule has 68 valence electrons. The Bertz CT molecular complexity index is 299. The van der Waals surface area contributed by atoms with E-state index in [2.05, 4.69) is 29.8 Å². The van der Waals surface area contributed by atoms with E-state index in [1.165, 1.54) is 0 Å². The van der Waals surface area contributed by atoms with Crippen molar-refractivity contribution in [2.75, 3.05) is 0 Å².